The Morgan fingerprint density at radius 2 is 2.26 bits per heavy atom. The van der Waals surface area contributed by atoms with Crippen LogP contribution in [0.4, 0.5) is 0 Å². The van der Waals surface area contributed by atoms with E-state index in [-0.39, 0.29) is 11.5 Å². The van der Waals surface area contributed by atoms with E-state index in [1.165, 1.54) is 17.5 Å². The number of aromatic nitrogens is 2. The quantitative estimate of drug-likeness (QED) is 0.846. The number of amides is 1. The number of carbonyl (C=O) groups excluding carboxylic acids is 1. The smallest absolute Gasteiger partial charge is 0.267 e. The Morgan fingerprint density at radius 1 is 1.42 bits per heavy atom. The molecule has 5 heteroatoms. The van der Waals surface area contributed by atoms with Crippen molar-refractivity contribution in [1.82, 2.24) is 15.1 Å². The summed E-state index contributed by atoms with van der Waals surface area (Å²) in [4.78, 5) is 23.4. The van der Waals surface area contributed by atoms with E-state index in [9.17, 15) is 9.59 Å². The van der Waals surface area contributed by atoms with Crippen molar-refractivity contribution < 1.29 is 4.79 Å². The van der Waals surface area contributed by atoms with Crippen LogP contribution in [0.15, 0.2) is 10.9 Å². The second kappa shape index (κ2) is 5.15. The summed E-state index contributed by atoms with van der Waals surface area (Å²) >= 11 is 0. The maximum Gasteiger partial charge on any atom is 0.267 e. The van der Waals surface area contributed by atoms with Crippen molar-refractivity contribution >= 4 is 5.91 Å². The van der Waals surface area contributed by atoms with Crippen LogP contribution in [0.5, 0.6) is 0 Å². The summed E-state index contributed by atoms with van der Waals surface area (Å²) in [5, 5.41) is 7.23. The van der Waals surface area contributed by atoms with Gasteiger partial charge in [-0.15, -0.1) is 0 Å². The van der Waals surface area contributed by atoms with Gasteiger partial charge in [0.25, 0.3) is 5.56 Å². The highest BCUT2D eigenvalue weighted by Crippen LogP contribution is 2.31. The second-order valence-corrected chi connectivity index (χ2v) is 5.53. The summed E-state index contributed by atoms with van der Waals surface area (Å²) < 4.78 is 1.47. The molecule has 1 amide bonds. The lowest BCUT2D eigenvalue weighted by Crippen LogP contribution is -2.32. The minimum absolute atomic E-state index is 0.0582. The van der Waals surface area contributed by atoms with E-state index < -0.39 is 0 Å². The van der Waals surface area contributed by atoms with E-state index in [0.717, 1.165) is 30.5 Å². The third-order valence-electron chi connectivity index (χ3n) is 3.84. The highest BCUT2D eigenvalue weighted by Gasteiger charge is 2.24. The van der Waals surface area contributed by atoms with Crippen molar-refractivity contribution in [2.24, 2.45) is 5.92 Å². The van der Waals surface area contributed by atoms with Crippen molar-refractivity contribution in [3.8, 4) is 0 Å². The van der Waals surface area contributed by atoms with E-state index in [1.54, 1.807) is 6.07 Å². The number of hydrogen-bond donors (Lipinski definition) is 1. The number of nitrogens with zero attached hydrogens (tertiary/aromatic N) is 2. The largest absolute Gasteiger partial charge is 0.354 e. The summed E-state index contributed by atoms with van der Waals surface area (Å²) in [6.45, 7) is 0.944. The van der Waals surface area contributed by atoms with Crippen LogP contribution in [0.2, 0.25) is 0 Å². The van der Waals surface area contributed by atoms with Gasteiger partial charge in [0, 0.05) is 19.0 Å². The van der Waals surface area contributed by atoms with Crippen molar-refractivity contribution in [3.05, 3.63) is 27.7 Å². The number of rotatable bonds is 5. The van der Waals surface area contributed by atoms with Gasteiger partial charge in [0.2, 0.25) is 5.91 Å². The first-order valence-corrected chi connectivity index (χ1v) is 7.09. The molecular weight excluding hydrogens is 242 g/mol. The fourth-order valence-corrected chi connectivity index (χ4v) is 2.56. The number of carbonyl (C=O) groups is 1. The molecular formula is C14H19N3O2. The van der Waals surface area contributed by atoms with Gasteiger partial charge in [0.05, 0.1) is 12.2 Å². The third-order valence-corrected chi connectivity index (χ3v) is 3.84. The van der Waals surface area contributed by atoms with Crippen molar-refractivity contribution in [2.45, 2.75) is 45.1 Å². The molecule has 5 nitrogen and oxygen atoms in total. The number of aryl methyl sites for hydroxylation is 2. The summed E-state index contributed by atoms with van der Waals surface area (Å²) in [7, 11) is 0. The molecule has 0 aromatic carbocycles. The Balaban J connectivity index is 1.54. The van der Waals surface area contributed by atoms with E-state index in [1.807, 2.05) is 0 Å². The van der Waals surface area contributed by atoms with Crippen molar-refractivity contribution in [1.29, 1.82) is 0 Å². The highest BCUT2D eigenvalue weighted by atomic mass is 16.1. The molecule has 0 saturated heterocycles. The standard InChI is InChI=1S/C14H19N3O2/c18-13(8-10-4-5-10)15-6-7-17-14(19)9-11-2-1-3-12(11)16-17/h9-10H,1-8H2,(H,15,18). The molecule has 2 aliphatic rings. The summed E-state index contributed by atoms with van der Waals surface area (Å²) in [5.41, 5.74) is 2.08. The molecule has 0 spiro atoms. The SMILES string of the molecule is O=C(CC1CC1)NCCn1nc2c(cc1=O)CCC2. The molecule has 0 radical (unpaired) electrons. The predicted octanol–water partition coefficient (Wildman–Crippen LogP) is 0.648. The predicted molar refractivity (Wildman–Crippen MR) is 70.9 cm³/mol. The minimum atomic E-state index is -0.0582. The Hall–Kier alpha value is -1.65. The van der Waals surface area contributed by atoms with Gasteiger partial charge in [-0.05, 0) is 43.6 Å². The lowest BCUT2D eigenvalue weighted by molar-refractivity contribution is -0.121. The van der Waals surface area contributed by atoms with Crippen LogP contribution in [-0.4, -0.2) is 22.2 Å². The van der Waals surface area contributed by atoms with Gasteiger partial charge < -0.3 is 5.32 Å². The lowest BCUT2D eigenvalue weighted by Gasteiger charge is -2.08. The lowest BCUT2D eigenvalue weighted by atomic mass is 10.2. The number of nitrogens with one attached hydrogen (secondary N) is 1. The molecule has 1 heterocycles. The van der Waals surface area contributed by atoms with Gasteiger partial charge in [-0.2, -0.15) is 5.10 Å². The Labute approximate surface area is 112 Å². The molecule has 0 aliphatic heterocycles. The average Bonchev–Trinajstić information content (AvgIpc) is 3.06. The van der Waals surface area contributed by atoms with Gasteiger partial charge in [-0.1, -0.05) is 0 Å². The van der Waals surface area contributed by atoms with Crippen LogP contribution >= 0.6 is 0 Å². The van der Waals surface area contributed by atoms with E-state index >= 15 is 0 Å². The zero-order valence-electron chi connectivity index (χ0n) is 11.0. The molecule has 0 atom stereocenters. The fourth-order valence-electron chi connectivity index (χ4n) is 2.56. The molecule has 2 aliphatic carbocycles. The fraction of sp³-hybridized carbons (Fsp3) is 0.643. The van der Waals surface area contributed by atoms with E-state index in [0.29, 0.717) is 25.4 Å². The van der Waals surface area contributed by atoms with Gasteiger partial charge in [0.15, 0.2) is 0 Å². The Kier molecular flexibility index (Phi) is 3.36. The number of fused-ring (bicyclic) bond motifs is 1. The Morgan fingerprint density at radius 3 is 3.05 bits per heavy atom. The van der Waals surface area contributed by atoms with Gasteiger partial charge in [0.1, 0.15) is 0 Å². The monoisotopic (exact) mass is 261 g/mol. The van der Waals surface area contributed by atoms with Gasteiger partial charge in [-0.3, -0.25) is 9.59 Å². The average molecular weight is 261 g/mol. The van der Waals surface area contributed by atoms with Gasteiger partial charge in [-0.25, -0.2) is 4.68 Å². The van der Waals surface area contributed by atoms with Crippen LogP contribution < -0.4 is 10.9 Å². The Bertz CT molecular complexity index is 546. The molecule has 19 heavy (non-hydrogen) atoms. The molecule has 1 N–H and O–H groups in total. The molecule has 102 valence electrons. The van der Waals surface area contributed by atoms with Crippen LogP contribution in [0.3, 0.4) is 0 Å². The molecule has 0 bridgehead atoms. The van der Waals surface area contributed by atoms with E-state index in [4.69, 9.17) is 0 Å². The topological polar surface area (TPSA) is 64.0 Å². The zero-order chi connectivity index (χ0) is 13.2. The zero-order valence-corrected chi connectivity index (χ0v) is 11.0. The molecule has 0 unspecified atom stereocenters. The maximum absolute atomic E-state index is 11.8. The second-order valence-electron chi connectivity index (χ2n) is 5.53. The van der Waals surface area contributed by atoms with Crippen LogP contribution in [0.1, 0.15) is 36.9 Å². The minimum Gasteiger partial charge on any atom is -0.354 e. The van der Waals surface area contributed by atoms with Gasteiger partial charge >= 0.3 is 0 Å². The molecule has 1 aromatic rings. The molecule has 1 fully saturated rings. The highest BCUT2D eigenvalue weighted by molar-refractivity contribution is 5.76. The normalized spacial score (nSPS) is 17.3. The molecule has 1 saturated carbocycles. The van der Waals surface area contributed by atoms with Crippen LogP contribution in [-0.2, 0) is 24.2 Å². The maximum atomic E-state index is 11.8. The van der Waals surface area contributed by atoms with Crippen LogP contribution in [0.25, 0.3) is 0 Å². The summed E-state index contributed by atoms with van der Waals surface area (Å²) in [5.74, 6) is 0.692. The van der Waals surface area contributed by atoms with Crippen LogP contribution in [0, 0.1) is 5.92 Å². The first kappa shape index (κ1) is 12.4. The summed E-state index contributed by atoms with van der Waals surface area (Å²) in [6, 6.07) is 1.70. The summed E-state index contributed by atoms with van der Waals surface area (Å²) in [6.07, 6.45) is 6.01. The third kappa shape index (κ3) is 3.03. The van der Waals surface area contributed by atoms with Crippen molar-refractivity contribution in [2.75, 3.05) is 6.54 Å². The first-order valence-electron chi connectivity index (χ1n) is 7.09. The van der Waals surface area contributed by atoms with E-state index in [2.05, 4.69) is 10.4 Å². The van der Waals surface area contributed by atoms with Crippen molar-refractivity contribution in [3.63, 3.8) is 0 Å². The molecule has 3 rings (SSSR count). The molecule has 1 aromatic heterocycles. The first-order chi connectivity index (χ1) is 9.22. The number of hydrogen-bond acceptors (Lipinski definition) is 3.